The summed E-state index contributed by atoms with van der Waals surface area (Å²) in [6.45, 7) is 2.17. The van der Waals surface area contributed by atoms with Crippen LogP contribution in [0.15, 0.2) is 77.7 Å². The van der Waals surface area contributed by atoms with E-state index < -0.39 is 39.9 Å². The number of rotatable bonds is 7. The first-order valence-electron chi connectivity index (χ1n) is 11.6. The number of hydrogen-bond acceptors (Lipinski definition) is 5. The zero-order valence-electron chi connectivity index (χ0n) is 20.2. The molecule has 10 heteroatoms. The summed E-state index contributed by atoms with van der Waals surface area (Å²) in [5.41, 5.74) is 2.46. The second-order valence-electron chi connectivity index (χ2n) is 8.87. The first kappa shape index (κ1) is 27.1. The first-order chi connectivity index (χ1) is 17.6. The predicted molar refractivity (Wildman–Crippen MR) is 142 cm³/mol. The molecule has 0 aromatic heterocycles. The Morgan fingerprint density at radius 1 is 0.946 bits per heavy atom. The summed E-state index contributed by atoms with van der Waals surface area (Å²) in [4.78, 5) is 26.3. The number of carbonyl (C=O) groups excluding carboxylic acids is 2. The van der Waals surface area contributed by atoms with Crippen LogP contribution in [-0.4, -0.2) is 37.8 Å². The van der Waals surface area contributed by atoms with E-state index >= 15 is 0 Å². The molecule has 1 amide bonds. The van der Waals surface area contributed by atoms with Gasteiger partial charge in [-0.1, -0.05) is 65.2 Å². The number of ether oxygens (including phenoxy) is 1. The minimum atomic E-state index is -4.25. The summed E-state index contributed by atoms with van der Waals surface area (Å²) in [7, 11) is -3.01. The highest BCUT2D eigenvalue weighted by Gasteiger charge is 2.54. The van der Waals surface area contributed by atoms with E-state index in [0.717, 1.165) is 15.4 Å². The fourth-order valence-corrected chi connectivity index (χ4v) is 6.60. The SMILES string of the molecule is COC(=O)C1CC(C(=O)NCc2ccc(C)cc2)N(S(=O)(=O)c2ccc(Cl)cc2)C1c1ccc(Cl)cc1. The fraction of sp³-hybridized carbons (Fsp3) is 0.259. The van der Waals surface area contributed by atoms with Gasteiger partial charge in [0.05, 0.1) is 24.0 Å². The topological polar surface area (TPSA) is 92.8 Å². The minimum absolute atomic E-state index is 0.0438. The van der Waals surface area contributed by atoms with Crippen molar-refractivity contribution in [2.75, 3.05) is 7.11 Å². The summed E-state index contributed by atoms with van der Waals surface area (Å²) < 4.78 is 34.1. The number of nitrogens with one attached hydrogen (secondary N) is 1. The molecule has 3 aromatic carbocycles. The predicted octanol–water partition coefficient (Wildman–Crippen LogP) is 4.91. The van der Waals surface area contributed by atoms with Crippen LogP contribution >= 0.6 is 23.2 Å². The van der Waals surface area contributed by atoms with Gasteiger partial charge < -0.3 is 10.1 Å². The molecule has 0 spiro atoms. The molecule has 7 nitrogen and oxygen atoms in total. The Morgan fingerprint density at radius 3 is 2.08 bits per heavy atom. The number of amides is 1. The number of hydrogen-bond donors (Lipinski definition) is 1. The monoisotopic (exact) mass is 560 g/mol. The summed E-state index contributed by atoms with van der Waals surface area (Å²) in [5, 5.41) is 3.67. The molecule has 1 N–H and O–H groups in total. The maximum Gasteiger partial charge on any atom is 0.310 e. The molecule has 0 bridgehead atoms. The normalized spacial score (nSPS) is 19.9. The van der Waals surface area contributed by atoms with Gasteiger partial charge >= 0.3 is 5.97 Å². The van der Waals surface area contributed by atoms with Crippen LogP contribution in [0.2, 0.25) is 10.0 Å². The zero-order valence-corrected chi connectivity index (χ0v) is 22.6. The number of nitrogens with zero attached hydrogens (tertiary/aromatic N) is 1. The molecule has 3 unspecified atom stereocenters. The molecule has 0 radical (unpaired) electrons. The molecule has 1 aliphatic heterocycles. The number of carbonyl (C=O) groups is 2. The van der Waals surface area contributed by atoms with E-state index in [1.54, 1.807) is 24.3 Å². The molecule has 0 aliphatic carbocycles. The lowest BCUT2D eigenvalue weighted by molar-refractivity contribution is -0.146. The van der Waals surface area contributed by atoms with Crippen LogP contribution in [-0.2, 0) is 30.9 Å². The van der Waals surface area contributed by atoms with Gasteiger partial charge in [0.25, 0.3) is 0 Å². The van der Waals surface area contributed by atoms with Crippen molar-refractivity contribution in [3.8, 4) is 0 Å². The van der Waals surface area contributed by atoms with Crippen LogP contribution in [0.25, 0.3) is 0 Å². The van der Waals surface area contributed by atoms with Gasteiger partial charge in [-0.05, 0) is 60.9 Å². The first-order valence-corrected chi connectivity index (χ1v) is 13.8. The van der Waals surface area contributed by atoms with Crippen LogP contribution < -0.4 is 5.32 Å². The van der Waals surface area contributed by atoms with Gasteiger partial charge in [0.2, 0.25) is 15.9 Å². The molecular formula is C27H26Cl2N2O5S. The molecular weight excluding hydrogens is 535 g/mol. The average Bonchev–Trinajstić information content (AvgIpc) is 3.30. The minimum Gasteiger partial charge on any atom is -0.469 e. The van der Waals surface area contributed by atoms with Crippen molar-refractivity contribution in [1.29, 1.82) is 0 Å². The molecule has 4 rings (SSSR count). The molecule has 0 saturated carbocycles. The van der Waals surface area contributed by atoms with Crippen LogP contribution in [0.5, 0.6) is 0 Å². The average molecular weight is 561 g/mol. The highest BCUT2D eigenvalue weighted by Crippen LogP contribution is 2.45. The van der Waals surface area contributed by atoms with Crippen LogP contribution in [0, 0.1) is 12.8 Å². The second kappa shape index (κ2) is 11.2. The van der Waals surface area contributed by atoms with Crippen molar-refractivity contribution in [3.63, 3.8) is 0 Å². The summed E-state index contributed by atoms with van der Waals surface area (Å²) >= 11 is 12.1. The second-order valence-corrected chi connectivity index (χ2v) is 11.6. The number of methoxy groups -OCH3 is 1. The lowest BCUT2D eigenvalue weighted by Crippen LogP contribution is -2.46. The summed E-state index contributed by atoms with van der Waals surface area (Å²) in [6, 6.07) is 17.7. The van der Waals surface area contributed by atoms with E-state index in [4.69, 9.17) is 27.9 Å². The maximum atomic E-state index is 14.0. The maximum absolute atomic E-state index is 14.0. The van der Waals surface area contributed by atoms with Gasteiger partial charge in [-0.25, -0.2) is 8.42 Å². The quantitative estimate of drug-likeness (QED) is 0.414. The van der Waals surface area contributed by atoms with E-state index in [-0.39, 0.29) is 17.9 Å². The molecule has 1 saturated heterocycles. The fourth-order valence-electron chi connectivity index (χ4n) is 4.54. The Hall–Kier alpha value is -2.91. The molecule has 1 heterocycles. The largest absolute Gasteiger partial charge is 0.469 e. The van der Waals surface area contributed by atoms with Gasteiger partial charge in [0, 0.05) is 16.6 Å². The van der Waals surface area contributed by atoms with Gasteiger partial charge in [0.15, 0.2) is 0 Å². The number of sulfonamides is 1. The van der Waals surface area contributed by atoms with E-state index in [0.29, 0.717) is 15.6 Å². The summed E-state index contributed by atoms with van der Waals surface area (Å²) in [6.07, 6.45) is -0.0491. The van der Waals surface area contributed by atoms with Crippen LogP contribution in [0.1, 0.15) is 29.2 Å². The van der Waals surface area contributed by atoms with Crippen molar-refractivity contribution in [2.45, 2.75) is 36.9 Å². The van der Waals surface area contributed by atoms with Crippen LogP contribution in [0.4, 0.5) is 0 Å². The molecule has 194 valence electrons. The van der Waals surface area contributed by atoms with Crippen molar-refractivity contribution in [1.82, 2.24) is 9.62 Å². The van der Waals surface area contributed by atoms with E-state index in [2.05, 4.69) is 5.32 Å². The van der Waals surface area contributed by atoms with Crippen molar-refractivity contribution < 1.29 is 22.7 Å². The van der Waals surface area contributed by atoms with Gasteiger partial charge in [0.1, 0.15) is 6.04 Å². The smallest absolute Gasteiger partial charge is 0.310 e. The molecule has 1 fully saturated rings. The third-order valence-corrected chi connectivity index (χ3v) is 8.84. The highest BCUT2D eigenvalue weighted by molar-refractivity contribution is 7.89. The number of aryl methyl sites for hydroxylation is 1. The number of esters is 1. The Kier molecular flexibility index (Phi) is 8.23. The Morgan fingerprint density at radius 2 is 1.51 bits per heavy atom. The number of halogens is 2. The standard InChI is InChI=1S/C27H26Cl2N2O5S/c1-17-3-5-18(6-4-17)16-30-26(32)24-15-23(27(33)36-2)25(19-7-9-20(28)10-8-19)31(24)37(34,35)22-13-11-21(29)12-14-22/h3-14,23-25H,15-16H2,1-2H3,(H,30,32). The van der Waals surface area contributed by atoms with Gasteiger partial charge in [-0.15, -0.1) is 0 Å². The zero-order chi connectivity index (χ0) is 26.7. The van der Waals surface area contributed by atoms with Crippen molar-refractivity contribution in [3.05, 3.63) is 99.5 Å². The molecule has 37 heavy (non-hydrogen) atoms. The lowest BCUT2D eigenvalue weighted by Gasteiger charge is -2.30. The lowest BCUT2D eigenvalue weighted by atomic mass is 9.93. The Labute approximate surface area is 226 Å². The number of benzene rings is 3. The van der Waals surface area contributed by atoms with Crippen molar-refractivity contribution >= 4 is 45.1 Å². The van der Waals surface area contributed by atoms with Crippen LogP contribution in [0.3, 0.4) is 0 Å². The van der Waals surface area contributed by atoms with Gasteiger partial charge in [-0.3, -0.25) is 9.59 Å². The Bertz CT molecular complexity index is 1380. The molecule has 3 atom stereocenters. The molecule has 3 aromatic rings. The summed E-state index contributed by atoms with van der Waals surface area (Å²) in [5.74, 6) is -2.03. The van der Waals surface area contributed by atoms with Crippen molar-refractivity contribution in [2.24, 2.45) is 5.92 Å². The molecule has 1 aliphatic rings. The van der Waals surface area contributed by atoms with E-state index in [9.17, 15) is 18.0 Å². The van der Waals surface area contributed by atoms with Gasteiger partial charge in [-0.2, -0.15) is 4.31 Å². The Balaban J connectivity index is 1.77. The third kappa shape index (κ3) is 5.83. The van der Waals surface area contributed by atoms with E-state index in [1.807, 2.05) is 31.2 Å². The van der Waals surface area contributed by atoms with E-state index in [1.165, 1.54) is 31.4 Å². The third-order valence-electron chi connectivity index (χ3n) is 6.43. The highest BCUT2D eigenvalue weighted by atomic mass is 35.5.